The van der Waals surface area contributed by atoms with Crippen LogP contribution in [0.15, 0.2) is 79.0 Å². The van der Waals surface area contributed by atoms with Gasteiger partial charge in [-0.15, -0.1) is 0 Å². The zero-order valence-corrected chi connectivity index (χ0v) is 19.5. The molecule has 2 N–H and O–H groups in total. The van der Waals surface area contributed by atoms with Crippen molar-refractivity contribution in [1.82, 2.24) is 15.6 Å². The third-order valence-corrected chi connectivity index (χ3v) is 5.80. The van der Waals surface area contributed by atoms with E-state index < -0.39 is 11.7 Å². The summed E-state index contributed by atoms with van der Waals surface area (Å²) in [5.74, 6) is 0. The topological polar surface area (TPSA) is 37.0 Å². The zero-order valence-electron chi connectivity index (χ0n) is 18.0. The second kappa shape index (κ2) is 11.1. The minimum atomic E-state index is -4.35. The van der Waals surface area contributed by atoms with Gasteiger partial charge in [-0.1, -0.05) is 60.1 Å². The van der Waals surface area contributed by atoms with Crippen LogP contribution in [0.3, 0.4) is 0 Å². The summed E-state index contributed by atoms with van der Waals surface area (Å²) in [5.41, 5.74) is 2.58. The summed E-state index contributed by atoms with van der Waals surface area (Å²) in [4.78, 5) is 4.46. The molecule has 3 nitrogen and oxygen atoms in total. The second-order valence-electron chi connectivity index (χ2n) is 7.60. The van der Waals surface area contributed by atoms with E-state index in [4.69, 9.17) is 23.2 Å². The zero-order chi connectivity index (χ0) is 24.0. The van der Waals surface area contributed by atoms with E-state index in [-0.39, 0.29) is 12.1 Å². The van der Waals surface area contributed by atoms with Crippen LogP contribution in [0, 0.1) is 0 Å². The number of alkyl halides is 3. The summed E-state index contributed by atoms with van der Waals surface area (Å²) in [7, 11) is 1.79. The first-order chi connectivity index (χ1) is 15.7. The monoisotopic (exact) mass is 493 g/mol. The first-order valence-corrected chi connectivity index (χ1v) is 11.1. The van der Waals surface area contributed by atoms with Crippen LogP contribution in [-0.2, 0) is 12.6 Å². The van der Waals surface area contributed by atoms with Gasteiger partial charge in [0.15, 0.2) is 0 Å². The van der Waals surface area contributed by atoms with Crippen molar-refractivity contribution < 1.29 is 13.2 Å². The summed E-state index contributed by atoms with van der Waals surface area (Å²) in [5, 5.41) is 7.67. The number of rotatable bonds is 9. The Kier molecular flexibility index (Phi) is 8.40. The molecule has 0 bridgehead atoms. The van der Waals surface area contributed by atoms with Crippen molar-refractivity contribution in [1.29, 1.82) is 0 Å². The Morgan fingerprint density at radius 2 is 1.67 bits per heavy atom. The number of nitrogens with zero attached hydrogens (tertiary/aromatic N) is 1. The van der Waals surface area contributed by atoms with Gasteiger partial charge in [-0.05, 0) is 60.4 Å². The number of aryl methyl sites for hydroxylation is 1. The quantitative estimate of drug-likeness (QED) is 0.311. The molecular weight excluding hydrogens is 470 g/mol. The number of benzene rings is 2. The third-order valence-electron chi connectivity index (χ3n) is 5.34. The highest BCUT2D eigenvalue weighted by Crippen LogP contribution is 2.30. The molecule has 0 radical (unpaired) electrons. The molecule has 0 spiro atoms. The molecule has 2 atom stereocenters. The van der Waals surface area contributed by atoms with Crippen LogP contribution >= 0.6 is 23.2 Å². The molecule has 8 heteroatoms. The molecule has 3 aromatic rings. The minimum absolute atomic E-state index is 0.239. The smallest absolute Gasteiger partial charge is 0.390 e. The van der Waals surface area contributed by atoms with Gasteiger partial charge in [0.25, 0.3) is 0 Å². The van der Waals surface area contributed by atoms with Crippen LogP contribution < -0.4 is 10.6 Å². The Morgan fingerprint density at radius 1 is 1.00 bits per heavy atom. The minimum Gasteiger partial charge on any atom is -0.390 e. The van der Waals surface area contributed by atoms with Gasteiger partial charge < -0.3 is 5.32 Å². The molecule has 0 saturated carbocycles. The Balaban J connectivity index is 1.85. The van der Waals surface area contributed by atoms with Crippen molar-refractivity contribution in [2.24, 2.45) is 0 Å². The van der Waals surface area contributed by atoms with E-state index in [0.29, 0.717) is 23.0 Å². The van der Waals surface area contributed by atoms with Crippen molar-refractivity contribution in [2.75, 3.05) is 7.05 Å². The highest BCUT2D eigenvalue weighted by atomic mass is 35.5. The highest BCUT2D eigenvalue weighted by molar-refractivity contribution is 6.30. The van der Waals surface area contributed by atoms with Crippen LogP contribution in [0.2, 0.25) is 10.2 Å². The number of likely N-dealkylation sites (N-methyl/N-ethyl adjacent to an activating group) is 1. The Morgan fingerprint density at radius 3 is 2.24 bits per heavy atom. The summed E-state index contributed by atoms with van der Waals surface area (Å²) in [6, 6.07) is 17.6. The van der Waals surface area contributed by atoms with E-state index in [0.717, 1.165) is 34.7 Å². The molecule has 0 fully saturated rings. The number of hydrogen-bond donors (Lipinski definition) is 2. The first kappa shape index (κ1) is 25.1. The van der Waals surface area contributed by atoms with E-state index in [1.807, 2.05) is 36.4 Å². The number of aromatic nitrogens is 1. The maximum absolute atomic E-state index is 12.9. The third kappa shape index (κ3) is 6.97. The first-order valence-electron chi connectivity index (χ1n) is 10.3. The molecule has 0 aliphatic carbocycles. The molecule has 0 amide bonds. The molecule has 1 heterocycles. The maximum Gasteiger partial charge on any atom is 0.416 e. The standard InChI is InChI=1S/C25H24Cl2F3N3/c1-16(31-2)24(18-9-13-20(26)14-10-18)33-22(21-4-3-5-23(27)32-21)15-8-17-6-11-19(12-7-17)25(28,29)30/h3-7,9-14,22,24,31,33H,1,8,15H2,2H3/t22-,24-/m0/s1. The van der Waals surface area contributed by atoms with Gasteiger partial charge >= 0.3 is 6.18 Å². The van der Waals surface area contributed by atoms with Crippen molar-refractivity contribution in [3.63, 3.8) is 0 Å². The Hall–Kier alpha value is -2.54. The fourth-order valence-corrected chi connectivity index (χ4v) is 3.80. The van der Waals surface area contributed by atoms with Gasteiger partial charge in [0, 0.05) is 17.8 Å². The largest absolute Gasteiger partial charge is 0.416 e. The lowest BCUT2D eigenvalue weighted by molar-refractivity contribution is -0.137. The van der Waals surface area contributed by atoms with Gasteiger partial charge in [0.2, 0.25) is 0 Å². The van der Waals surface area contributed by atoms with Gasteiger partial charge in [-0.3, -0.25) is 5.32 Å². The fraction of sp³-hybridized carbons (Fsp3) is 0.240. The van der Waals surface area contributed by atoms with Gasteiger partial charge in [0.05, 0.1) is 23.3 Å². The fourth-order valence-electron chi connectivity index (χ4n) is 3.50. The molecule has 0 unspecified atom stereocenters. The van der Waals surface area contributed by atoms with Gasteiger partial charge in [-0.25, -0.2) is 4.98 Å². The molecule has 3 rings (SSSR count). The van der Waals surface area contributed by atoms with Crippen LogP contribution in [-0.4, -0.2) is 12.0 Å². The molecule has 0 saturated heterocycles. The summed E-state index contributed by atoms with van der Waals surface area (Å²) < 4.78 is 38.6. The lowest BCUT2D eigenvalue weighted by Gasteiger charge is -2.28. The van der Waals surface area contributed by atoms with E-state index in [9.17, 15) is 13.2 Å². The predicted molar refractivity (Wildman–Crippen MR) is 127 cm³/mol. The average Bonchev–Trinajstić information content (AvgIpc) is 2.79. The highest BCUT2D eigenvalue weighted by Gasteiger charge is 2.30. The maximum atomic E-state index is 12.9. The number of nitrogens with one attached hydrogen (secondary N) is 2. The summed E-state index contributed by atoms with van der Waals surface area (Å²) in [6.07, 6.45) is -3.23. The molecule has 2 aromatic carbocycles. The Labute approximate surface area is 201 Å². The van der Waals surface area contributed by atoms with E-state index in [2.05, 4.69) is 22.2 Å². The van der Waals surface area contributed by atoms with Crippen LogP contribution in [0.1, 0.15) is 40.9 Å². The lowest BCUT2D eigenvalue weighted by Crippen LogP contribution is -2.32. The van der Waals surface area contributed by atoms with Gasteiger partial charge in [-0.2, -0.15) is 13.2 Å². The summed E-state index contributed by atoms with van der Waals surface area (Å²) in [6.45, 7) is 4.13. The molecule has 1 aromatic heterocycles. The summed E-state index contributed by atoms with van der Waals surface area (Å²) >= 11 is 12.2. The van der Waals surface area contributed by atoms with E-state index >= 15 is 0 Å². The van der Waals surface area contributed by atoms with Crippen molar-refractivity contribution in [3.05, 3.63) is 112 Å². The molecular formula is C25H24Cl2F3N3. The number of halogens is 5. The number of pyridine rings is 1. The second-order valence-corrected chi connectivity index (χ2v) is 8.42. The van der Waals surface area contributed by atoms with Crippen LogP contribution in [0.4, 0.5) is 13.2 Å². The SMILES string of the molecule is C=C(NC)[C@H](N[C@@H](CCc1ccc(C(F)(F)F)cc1)c1cccc(Cl)n1)c1ccc(Cl)cc1. The van der Waals surface area contributed by atoms with Crippen LogP contribution in [0.5, 0.6) is 0 Å². The molecule has 174 valence electrons. The Bertz CT molecular complexity index is 1070. The average molecular weight is 494 g/mol. The normalized spacial score (nSPS) is 13.4. The predicted octanol–water partition coefficient (Wildman–Crippen LogP) is 7.15. The molecule has 0 aliphatic rings. The van der Waals surface area contributed by atoms with Crippen LogP contribution in [0.25, 0.3) is 0 Å². The van der Waals surface area contributed by atoms with E-state index in [1.165, 1.54) is 12.1 Å². The number of hydrogen-bond acceptors (Lipinski definition) is 3. The van der Waals surface area contributed by atoms with Gasteiger partial charge in [0.1, 0.15) is 5.15 Å². The van der Waals surface area contributed by atoms with E-state index in [1.54, 1.807) is 13.1 Å². The molecule has 0 aliphatic heterocycles. The van der Waals surface area contributed by atoms with Crippen molar-refractivity contribution >= 4 is 23.2 Å². The van der Waals surface area contributed by atoms with Crippen molar-refractivity contribution in [2.45, 2.75) is 31.1 Å². The van der Waals surface area contributed by atoms with Crippen molar-refractivity contribution in [3.8, 4) is 0 Å². The molecule has 33 heavy (non-hydrogen) atoms. The lowest BCUT2D eigenvalue weighted by atomic mass is 9.98.